The van der Waals surface area contributed by atoms with Gasteiger partial charge in [-0.05, 0) is 36.4 Å². The molecule has 0 saturated carbocycles. The van der Waals surface area contributed by atoms with Crippen LogP contribution in [0.4, 0.5) is 5.69 Å². The maximum Gasteiger partial charge on any atom is 0.284 e. The fourth-order valence-corrected chi connectivity index (χ4v) is 3.30. The summed E-state index contributed by atoms with van der Waals surface area (Å²) >= 11 is 9.27. The Morgan fingerprint density at radius 2 is 2.07 bits per heavy atom. The summed E-state index contributed by atoms with van der Waals surface area (Å²) in [5.41, 5.74) is 0.860. The summed E-state index contributed by atoms with van der Waals surface area (Å²) in [6, 6.07) is 10.1. The van der Waals surface area contributed by atoms with Crippen LogP contribution in [0, 0.1) is 0 Å². The first-order chi connectivity index (χ1) is 13.4. The van der Waals surface area contributed by atoms with Crippen LogP contribution in [0.5, 0.6) is 5.88 Å². The van der Waals surface area contributed by atoms with Gasteiger partial charge in [0.2, 0.25) is 5.88 Å². The molecule has 2 aromatic carbocycles. The highest BCUT2D eigenvalue weighted by Crippen LogP contribution is 2.36. The number of nitrogens with one attached hydrogen (secondary N) is 1. The molecule has 2 heterocycles. The van der Waals surface area contributed by atoms with Crippen molar-refractivity contribution < 1.29 is 9.90 Å². The Labute approximate surface area is 170 Å². The van der Waals surface area contributed by atoms with E-state index in [1.165, 1.54) is 6.33 Å². The van der Waals surface area contributed by atoms with Gasteiger partial charge >= 0.3 is 0 Å². The van der Waals surface area contributed by atoms with Gasteiger partial charge < -0.3 is 10.1 Å². The van der Waals surface area contributed by atoms with Crippen LogP contribution in [0.3, 0.4) is 0 Å². The molecule has 0 radical (unpaired) electrons. The third-order valence-corrected chi connectivity index (χ3v) is 4.80. The van der Waals surface area contributed by atoms with Crippen molar-refractivity contribution in [3.63, 3.8) is 0 Å². The first-order valence-corrected chi connectivity index (χ1v) is 9.19. The van der Waals surface area contributed by atoms with E-state index in [4.69, 9.17) is 11.6 Å². The lowest BCUT2D eigenvalue weighted by Gasteiger charge is -2.04. The number of halogens is 2. The summed E-state index contributed by atoms with van der Waals surface area (Å²) in [6.07, 6.45) is 1.29. The highest BCUT2D eigenvalue weighted by atomic mass is 79.9. The molecule has 8 nitrogen and oxygen atoms in total. The van der Waals surface area contributed by atoms with Gasteiger partial charge in [-0.1, -0.05) is 27.5 Å². The summed E-state index contributed by atoms with van der Waals surface area (Å²) in [7, 11) is 0. The zero-order valence-electron chi connectivity index (χ0n) is 14.1. The van der Waals surface area contributed by atoms with E-state index in [0.717, 1.165) is 9.04 Å². The number of nitrogens with zero attached hydrogens (tertiary/aromatic N) is 4. The van der Waals surface area contributed by atoms with E-state index < -0.39 is 5.91 Å². The van der Waals surface area contributed by atoms with E-state index in [0.29, 0.717) is 26.8 Å². The number of carbonyl (C=O) groups excluding carboxylic acids is 1. The highest BCUT2D eigenvalue weighted by Gasteiger charge is 2.12. The first-order valence-electron chi connectivity index (χ1n) is 8.02. The smallest absolute Gasteiger partial charge is 0.284 e. The van der Waals surface area contributed by atoms with Crippen molar-refractivity contribution in [3.8, 4) is 5.88 Å². The number of aromatic nitrogens is 3. The normalized spacial score (nSPS) is 11.6. The Bertz CT molecular complexity index is 1330. The lowest BCUT2D eigenvalue weighted by Crippen LogP contribution is -2.23. The molecule has 0 aliphatic rings. The molecule has 4 rings (SSSR count). The molecular weight excluding hydrogens is 450 g/mol. The van der Waals surface area contributed by atoms with Crippen LogP contribution in [0.25, 0.3) is 21.8 Å². The van der Waals surface area contributed by atoms with Gasteiger partial charge in [0.1, 0.15) is 6.54 Å². The largest absolute Gasteiger partial charge is 0.493 e. The molecule has 4 aromatic rings. The van der Waals surface area contributed by atoms with Gasteiger partial charge in [0.25, 0.3) is 11.5 Å². The van der Waals surface area contributed by atoms with Crippen LogP contribution < -0.4 is 5.56 Å². The van der Waals surface area contributed by atoms with Crippen molar-refractivity contribution in [2.75, 3.05) is 0 Å². The van der Waals surface area contributed by atoms with E-state index >= 15 is 0 Å². The lowest BCUT2D eigenvalue weighted by molar-refractivity contribution is -0.118. The second-order valence-corrected chi connectivity index (χ2v) is 7.30. The Hall–Kier alpha value is -3.04. The number of aromatic hydroxyl groups is 1. The number of hydrogen-bond donors (Lipinski definition) is 2. The quantitative estimate of drug-likeness (QED) is 0.444. The molecule has 2 aromatic heterocycles. The van der Waals surface area contributed by atoms with Gasteiger partial charge in [0, 0.05) is 14.9 Å². The monoisotopic (exact) mass is 459 g/mol. The number of hydrogen-bond acceptors (Lipinski definition) is 5. The minimum absolute atomic E-state index is 0.0961. The second kappa shape index (κ2) is 7.17. The van der Waals surface area contributed by atoms with Crippen LogP contribution in [-0.4, -0.2) is 25.5 Å². The molecule has 0 aliphatic heterocycles. The molecule has 0 spiro atoms. The number of rotatable bonds is 3. The summed E-state index contributed by atoms with van der Waals surface area (Å²) < 4.78 is 1.89. The third kappa shape index (κ3) is 3.41. The lowest BCUT2D eigenvalue weighted by atomic mass is 10.2. The van der Waals surface area contributed by atoms with E-state index in [2.05, 4.69) is 36.1 Å². The fourth-order valence-electron chi connectivity index (χ4n) is 2.76. The maximum absolute atomic E-state index is 12.5. The first kappa shape index (κ1) is 18.3. The van der Waals surface area contributed by atoms with E-state index in [9.17, 15) is 14.7 Å². The van der Waals surface area contributed by atoms with Gasteiger partial charge in [-0.3, -0.25) is 14.2 Å². The van der Waals surface area contributed by atoms with Gasteiger partial charge in [0.05, 0.1) is 22.7 Å². The summed E-state index contributed by atoms with van der Waals surface area (Å²) in [5, 5.41) is 18.8. The zero-order valence-corrected chi connectivity index (χ0v) is 16.4. The van der Waals surface area contributed by atoms with Crippen LogP contribution >= 0.6 is 27.5 Å². The number of H-pyrrole nitrogens is 1. The predicted molar refractivity (Wildman–Crippen MR) is 108 cm³/mol. The standard InChI is InChI=1S/C18H11BrClN5O3/c19-9-1-3-13-12(5-9)18(28)25(8-21-13)7-15(26)23-24-16-11-6-10(20)2-4-14(11)22-17(16)27/h1-6,8,22,27H,7H2. The Balaban J connectivity index is 1.63. The minimum atomic E-state index is -0.672. The van der Waals surface area contributed by atoms with Crippen molar-refractivity contribution in [1.82, 2.24) is 14.5 Å². The molecule has 0 aliphatic carbocycles. The molecule has 0 saturated heterocycles. The van der Waals surface area contributed by atoms with Crippen molar-refractivity contribution in [2.24, 2.45) is 10.2 Å². The van der Waals surface area contributed by atoms with Crippen LogP contribution in [0.2, 0.25) is 5.02 Å². The Kier molecular flexibility index (Phi) is 4.70. The molecule has 0 bridgehead atoms. The SMILES string of the molecule is O=C(Cn1cnc2ccc(Br)cc2c1=O)N=Nc1c(O)[nH]c2ccc(Cl)cc12. The van der Waals surface area contributed by atoms with Gasteiger partial charge in [0.15, 0.2) is 5.69 Å². The summed E-state index contributed by atoms with van der Waals surface area (Å²) in [6.45, 7) is -0.332. The molecule has 0 atom stereocenters. The van der Waals surface area contributed by atoms with Crippen molar-refractivity contribution in [3.05, 3.63) is 62.6 Å². The molecule has 140 valence electrons. The molecule has 0 fully saturated rings. The van der Waals surface area contributed by atoms with Crippen molar-refractivity contribution >= 4 is 60.9 Å². The van der Waals surface area contributed by atoms with Gasteiger partial charge in [-0.2, -0.15) is 0 Å². The van der Waals surface area contributed by atoms with Gasteiger partial charge in [-0.25, -0.2) is 4.98 Å². The number of fused-ring (bicyclic) bond motifs is 2. The third-order valence-electron chi connectivity index (χ3n) is 4.07. The highest BCUT2D eigenvalue weighted by molar-refractivity contribution is 9.10. The number of amides is 1. The fraction of sp³-hybridized carbons (Fsp3) is 0.0556. The van der Waals surface area contributed by atoms with E-state index in [1.807, 2.05) is 0 Å². The molecule has 10 heteroatoms. The molecular formula is C18H11BrClN5O3. The molecule has 2 N–H and O–H groups in total. The average Bonchev–Trinajstić information content (AvgIpc) is 2.97. The predicted octanol–water partition coefficient (Wildman–Crippen LogP) is 4.31. The number of azo groups is 1. The van der Waals surface area contributed by atoms with Gasteiger partial charge in [-0.15, -0.1) is 10.2 Å². The zero-order chi connectivity index (χ0) is 19.8. The summed E-state index contributed by atoms with van der Waals surface area (Å²) in [5.74, 6) is -0.905. The second-order valence-electron chi connectivity index (χ2n) is 5.94. The maximum atomic E-state index is 12.5. The Morgan fingerprint density at radius 1 is 1.25 bits per heavy atom. The minimum Gasteiger partial charge on any atom is -0.493 e. The van der Waals surface area contributed by atoms with Crippen LogP contribution in [-0.2, 0) is 11.3 Å². The number of benzene rings is 2. The molecule has 28 heavy (non-hydrogen) atoms. The molecule has 0 unspecified atom stereocenters. The Morgan fingerprint density at radius 3 is 2.89 bits per heavy atom. The number of aromatic amines is 1. The van der Waals surface area contributed by atoms with Crippen LogP contribution in [0.1, 0.15) is 0 Å². The van der Waals surface area contributed by atoms with E-state index in [1.54, 1.807) is 36.4 Å². The molecule has 1 amide bonds. The number of carbonyl (C=O) groups is 1. The van der Waals surface area contributed by atoms with Crippen molar-refractivity contribution in [1.29, 1.82) is 0 Å². The average molecular weight is 461 g/mol. The van der Waals surface area contributed by atoms with E-state index in [-0.39, 0.29) is 23.7 Å². The summed E-state index contributed by atoms with van der Waals surface area (Å²) in [4.78, 5) is 31.6. The van der Waals surface area contributed by atoms with Crippen LogP contribution in [0.15, 0.2) is 62.2 Å². The van der Waals surface area contributed by atoms with Crippen molar-refractivity contribution in [2.45, 2.75) is 6.54 Å². The topological polar surface area (TPSA) is 113 Å².